The number of hydrogen-bond acceptors (Lipinski definition) is 5. The molecular weight excluding hydrogens is 356 g/mol. The molecule has 5 heteroatoms. The molecule has 5 nitrogen and oxygen atoms in total. The molecule has 0 aromatic heterocycles. The molecule has 0 heterocycles. The molecule has 0 N–H and O–H groups in total. The summed E-state index contributed by atoms with van der Waals surface area (Å²) in [5.41, 5.74) is -0.985. The van der Waals surface area contributed by atoms with Gasteiger partial charge in [0.15, 0.2) is 0 Å². The van der Waals surface area contributed by atoms with Crippen molar-refractivity contribution in [3.63, 3.8) is 0 Å². The van der Waals surface area contributed by atoms with Crippen LogP contribution in [-0.4, -0.2) is 28.9 Å². The Hall–Kier alpha value is -1.65. The molecule has 28 heavy (non-hydrogen) atoms. The van der Waals surface area contributed by atoms with Crippen molar-refractivity contribution in [2.24, 2.45) is 16.2 Å². The normalized spacial score (nSPS) is 31.4. The van der Waals surface area contributed by atoms with Gasteiger partial charge in [0, 0.05) is 43.9 Å². The topological polar surface area (TPSA) is 85.3 Å². The largest absolute Gasteiger partial charge is 0.300 e. The molecule has 156 valence electrons. The fourth-order valence-electron chi connectivity index (χ4n) is 5.68. The fraction of sp³-hybridized carbons (Fsp3) is 0.783. The lowest BCUT2D eigenvalue weighted by molar-refractivity contribution is -0.139. The fourth-order valence-corrected chi connectivity index (χ4v) is 5.68. The molecule has 0 saturated heterocycles. The first-order chi connectivity index (χ1) is 13.1. The van der Waals surface area contributed by atoms with E-state index in [-0.39, 0.29) is 28.2 Å². The zero-order chi connectivity index (χ0) is 21.2. The zero-order valence-electron chi connectivity index (χ0n) is 17.8. The monoisotopic (exact) mass is 390 g/mol. The standard InChI is InChI=1S/C12H18O2.C11H16O3/c1-3-12-7-4-9(13)8-11(12,2)6-5-10(12)14;1-3-11(7-6-8(2)12)9(13)4-5-10(11)14/h3-8H2,1-2H3;3-7H2,1-2H3/t11-,12-;/m1./s1. The van der Waals surface area contributed by atoms with E-state index < -0.39 is 5.41 Å². The van der Waals surface area contributed by atoms with Crippen LogP contribution < -0.4 is 0 Å². The van der Waals surface area contributed by atoms with Crippen molar-refractivity contribution >= 4 is 28.9 Å². The van der Waals surface area contributed by atoms with E-state index in [9.17, 15) is 24.0 Å². The van der Waals surface area contributed by atoms with Crippen LogP contribution in [0, 0.1) is 16.2 Å². The summed E-state index contributed by atoms with van der Waals surface area (Å²) in [4.78, 5) is 57.5. The minimum absolute atomic E-state index is 0.0197. The second-order valence-corrected chi connectivity index (χ2v) is 9.12. The van der Waals surface area contributed by atoms with E-state index in [4.69, 9.17) is 0 Å². The van der Waals surface area contributed by atoms with Crippen LogP contribution >= 0.6 is 0 Å². The highest BCUT2D eigenvalue weighted by molar-refractivity contribution is 6.13. The Kier molecular flexibility index (Phi) is 6.78. The minimum atomic E-state index is -0.814. The van der Waals surface area contributed by atoms with Crippen LogP contribution in [0.4, 0.5) is 0 Å². The summed E-state index contributed by atoms with van der Waals surface area (Å²) >= 11 is 0. The third-order valence-electron chi connectivity index (χ3n) is 7.77. The van der Waals surface area contributed by atoms with Gasteiger partial charge in [0.2, 0.25) is 0 Å². The number of Topliss-reactive ketones (excluding diaryl/α,β-unsaturated/α-hetero) is 5. The molecule has 3 fully saturated rings. The predicted octanol–water partition coefficient (Wildman–Crippen LogP) is 4.19. The van der Waals surface area contributed by atoms with Crippen molar-refractivity contribution in [1.29, 1.82) is 0 Å². The Bertz CT molecular complexity index is 675. The number of rotatable bonds is 5. The lowest BCUT2D eigenvalue weighted by Gasteiger charge is -2.45. The van der Waals surface area contributed by atoms with Crippen LogP contribution in [0.2, 0.25) is 0 Å². The molecule has 3 rings (SSSR count). The first kappa shape index (κ1) is 22.6. The Morgan fingerprint density at radius 1 is 0.857 bits per heavy atom. The lowest BCUT2D eigenvalue weighted by Crippen LogP contribution is -2.44. The van der Waals surface area contributed by atoms with E-state index in [1.54, 1.807) is 0 Å². The van der Waals surface area contributed by atoms with Crippen LogP contribution in [0.5, 0.6) is 0 Å². The highest BCUT2D eigenvalue weighted by Crippen LogP contribution is 2.59. The van der Waals surface area contributed by atoms with E-state index in [1.165, 1.54) is 6.92 Å². The van der Waals surface area contributed by atoms with Gasteiger partial charge in [0.1, 0.15) is 28.9 Å². The van der Waals surface area contributed by atoms with E-state index in [2.05, 4.69) is 13.8 Å². The predicted molar refractivity (Wildman–Crippen MR) is 106 cm³/mol. The summed E-state index contributed by atoms with van der Waals surface area (Å²) in [6.45, 7) is 7.57. The Balaban J connectivity index is 0.000000200. The molecule has 0 aliphatic heterocycles. The zero-order valence-corrected chi connectivity index (χ0v) is 17.8. The van der Waals surface area contributed by atoms with Gasteiger partial charge in [0.05, 0.1) is 5.41 Å². The smallest absolute Gasteiger partial charge is 0.146 e. The minimum Gasteiger partial charge on any atom is -0.300 e. The summed E-state index contributed by atoms with van der Waals surface area (Å²) in [6, 6.07) is 0. The molecule has 0 amide bonds. The first-order valence-corrected chi connectivity index (χ1v) is 10.7. The lowest BCUT2D eigenvalue weighted by atomic mass is 9.57. The first-order valence-electron chi connectivity index (χ1n) is 10.7. The maximum Gasteiger partial charge on any atom is 0.146 e. The van der Waals surface area contributed by atoms with Crippen molar-refractivity contribution in [2.75, 3.05) is 0 Å². The van der Waals surface area contributed by atoms with Crippen molar-refractivity contribution < 1.29 is 24.0 Å². The van der Waals surface area contributed by atoms with Crippen molar-refractivity contribution in [3.8, 4) is 0 Å². The van der Waals surface area contributed by atoms with Crippen LogP contribution in [0.3, 0.4) is 0 Å². The Morgan fingerprint density at radius 2 is 1.46 bits per heavy atom. The molecule has 0 bridgehead atoms. The van der Waals surface area contributed by atoms with Gasteiger partial charge >= 0.3 is 0 Å². The molecule has 2 atom stereocenters. The molecule has 3 aliphatic carbocycles. The summed E-state index contributed by atoms with van der Waals surface area (Å²) in [7, 11) is 0. The van der Waals surface area contributed by atoms with Crippen molar-refractivity contribution in [2.45, 2.75) is 98.3 Å². The third kappa shape index (κ3) is 3.77. The third-order valence-corrected chi connectivity index (χ3v) is 7.77. The van der Waals surface area contributed by atoms with Crippen molar-refractivity contribution in [3.05, 3.63) is 0 Å². The maximum absolute atomic E-state index is 12.0. The summed E-state index contributed by atoms with van der Waals surface area (Å²) < 4.78 is 0. The van der Waals surface area contributed by atoms with Gasteiger partial charge in [-0.05, 0) is 44.4 Å². The molecule has 0 spiro atoms. The van der Waals surface area contributed by atoms with Crippen LogP contribution in [0.25, 0.3) is 0 Å². The quantitative estimate of drug-likeness (QED) is 0.657. The second-order valence-electron chi connectivity index (χ2n) is 9.12. The van der Waals surface area contributed by atoms with E-state index in [0.717, 1.165) is 19.3 Å². The SMILES string of the molecule is CCC1(CCC(C)=O)C(=O)CCC1=O.CC[C@]12CCC(=O)C[C@@]1(C)CCC2=O. The van der Waals surface area contributed by atoms with Gasteiger partial charge in [-0.3, -0.25) is 19.2 Å². The number of ketones is 5. The van der Waals surface area contributed by atoms with E-state index in [1.807, 2.05) is 6.92 Å². The molecular formula is C23H34O5. The summed E-state index contributed by atoms with van der Waals surface area (Å²) in [6.07, 6.45) is 6.60. The molecule has 0 unspecified atom stereocenters. The van der Waals surface area contributed by atoms with Gasteiger partial charge in [0.25, 0.3) is 0 Å². The van der Waals surface area contributed by atoms with Crippen LogP contribution in [0.15, 0.2) is 0 Å². The van der Waals surface area contributed by atoms with Crippen molar-refractivity contribution in [1.82, 2.24) is 0 Å². The highest BCUT2D eigenvalue weighted by atomic mass is 16.2. The highest BCUT2D eigenvalue weighted by Gasteiger charge is 2.58. The maximum atomic E-state index is 12.0. The average Bonchev–Trinajstić information content (AvgIpc) is 3.08. The number of fused-ring (bicyclic) bond motifs is 1. The molecule has 3 saturated carbocycles. The van der Waals surface area contributed by atoms with Gasteiger partial charge in [-0.25, -0.2) is 0 Å². The summed E-state index contributed by atoms with van der Waals surface area (Å²) in [5.74, 6) is 0.879. The van der Waals surface area contributed by atoms with Crippen LogP contribution in [0.1, 0.15) is 98.3 Å². The van der Waals surface area contributed by atoms with E-state index in [0.29, 0.717) is 62.9 Å². The number of carbonyl (C=O) groups excluding carboxylic acids is 5. The molecule has 0 aromatic rings. The van der Waals surface area contributed by atoms with E-state index >= 15 is 0 Å². The van der Waals surface area contributed by atoms with Gasteiger partial charge in [-0.15, -0.1) is 0 Å². The second kappa shape index (κ2) is 8.38. The number of hydrogen-bond donors (Lipinski definition) is 0. The number of carbonyl (C=O) groups is 5. The van der Waals surface area contributed by atoms with Gasteiger partial charge in [-0.2, -0.15) is 0 Å². The average molecular weight is 391 g/mol. The van der Waals surface area contributed by atoms with Gasteiger partial charge in [-0.1, -0.05) is 20.8 Å². The Morgan fingerprint density at radius 3 is 1.96 bits per heavy atom. The van der Waals surface area contributed by atoms with Gasteiger partial charge < -0.3 is 4.79 Å². The Labute approximate surface area is 168 Å². The molecule has 0 radical (unpaired) electrons. The summed E-state index contributed by atoms with van der Waals surface area (Å²) in [5, 5.41) is 0. The molecule has 0 aromatic carbocycles. The molecule has 3 aliphatic rings. The van der Waals surface area contributed by atoms with Crippen LogP contribution in [-0.2, 0) is 24.0 Å².